The van der Waals surface area contributed by atoms with Crippen LogP contribution in [0.4, 0.5) is 0 Å². The van der Waals surface area contributed by atoms with Gasteiger partial charge in [-0.25, -0.2) is 10.1 Å². The summed E-state index contributed by atoms with van der Waals surface area (Å²) in [6.45, 7) is 3.49. The van der Waals surface area contributed by atoms with Gasteiger partial charge in [0.1, 0.15) is 6.61 Å². The molecule has 0 aliphatic rings. The van der Waals surface area contributed by atoms with E-state index in [1.807, 2.05) is 0 Å². The van der Waals surface area contributed by atoms with Crippen molar-refractivity contribution in [1.82, 2.24) is 0 Å². The van der Waals surface area contributed by atoms with E-state index in [0.717, 1.165) is 0 Å². The monoisotopic (exact) mass is 90.0 g/mol. The van der Waals surface area contributed by atoms with Crippen LogP contribution in [0.5, 0.6) is 0 Å². The van der Waals surface area contributed by atoms with Gasteiger partial charge in [0.05, 0.1) is 0 Å². The lowest BCUT2D eigenvalue weighted by Crippen LogP contribution is -1.86. The Hall–Kier alpha value is -0.380. The minimum Gasteiger partial charge on any atom is -0.221 e. The Morgan fingerprint density at radius 2 is 2.50 bits per heavy atom. The van der Waals surface area contributed by atoms with Crippen LogP contribution in [-0.2, 0) is 9.93 Å². The Labute approximate surface area is 35.7 Å². The van der Waals surface area contributed by atoms with Gasteiger partial charge >= 0.3 is 0 Å². The maximum atomic E-state index is 7.43. The molecule has 0 saturated carbocycles. The van der Waals surface area contributed by atoms with E-state index < -0.39 is 0 Å². The average molecular weight is 90.1 g/mol. The number of rotatable bonds is 3. The summed E-state index contributed by atoms with van der Waals surface area (Å²) < 4.78 is 0. The Bertz CT molecular complexity index is 35.0. The summed E-state index contributed by atoms with van der Waals surface area (Å²) >= 11 is 0. The van der Waals surface area contributed by atoms with Crippen LogP contribution in [0.2, 0.25) is 0 Å². The topological polar surface area (TPSA) is 38.7 Å². The van der Waals surface area contributed by atoms with E-state index in [-0.39, 0.29) is 6.61 Å². The molecule has 0 unspecified atom stereocenters. The summed E-state index contributed by atoms with van der Waals surface area (Å²) in [5.41, 5.74) is 0. The van der Waals surface area contributed by atoms with Crippen molar-refractivity contribution < 1.29 is 15.2 Å². The van der Waals surface area contributed by atoms with Crippen LogP contribution in [0.1, 0.15) is 0 Å². The Balaban J connectivity index is 2.49. The quantitative estimate of drug-likeness (QED) is 0.238. The SMILES string of the molecule is C=CCOOO. The first kappa shape index (κ1) is 5.62. The zero-order chi connectivity index (χ0) is 4.83. The van der Waals surface area contributed by atoms with E-state index in [1.54, 1.807) is 0 Å². The van der Waals surface area contributed by atoms with Crippen molar-refractivity contribution in [3.05, 3.63) is 12.7 Å². The first-order chi connectivity index (χ1) is 2.91. The average Bonchev–Trinajstić information content (AvgIpc) is 1.61. The van der Waals surface area contributed by atoms with Crippen LogP contribution >= 0.6 is 0 Å². The van der Waals surface area contributed by atoms with Gasteiger partial charge in [-0.2, -0.15) is 0 Å². The fraction of sp³-hybridized carbons (Fsp3) is 0.333. The van der Waals surface area contributed by atoms with Crippen LogP contribution in [0.3, 0.4) is 0 Å². The molecule has 1 N–H and O–H groups in total. The molecule has 0 aromatic rings. The summed E-state index contributed by atoms with van der Waals surface area (Å²) in [5, 5.41) is 10.6. The van der Waals surface area contributed by atoms with Gasteiger partial charge in [-0.15, -0.1) is 6.58 Å². The summed E-state index contributed by atoms with van der Waals surface area (Å²) in [6, 6.07) is 0. The highest BCUT2D eigenvalue weighted by Crippen LogP contribution is 1.69. The van der Waals surface area contributed by atoms with Crippen molar-refractivity contribution >= 4 is 0 Å². The van der Waals surface area contributed by atoms with Gasteiger partial charge in [-0.1, -0.05) is 11.1 Å². The molecule has 6 heavy (non-hydrogen) atoms. The van der Waals surface area contributed by atoms with Crippen LogP contribution in [0, 0.1) is 0 Å². The largest absolute Gasteiger partial charge is 0.221 e. The smallest absolute Gasteiger partial charge is 0.103 e. The first-order valence-electron chi connectivity index (χ1n) is 1.45. The van der Waals surface area contributed by atoms with E-state index in [9.17, 15) is 0 Å². The Morgan fingerprint density at radius 3 is 2.67 bits per heavy atom. The van der Waals surface area contributed by atoms with Crippen LogP contribution in [0.25, 0.3) is 0 Å². The highest BCUT2D eigenvalue weighted by Gasteiger charge is 1.70. The lowest BCUT2D eigenvalue weighted by atomic mass is 10.7. The van der Waals surface area contributed by atoms with Crippen LogP contribution in [0.15, 0.2) is 12.7 Å². The number of hydrogen-bond acceptors (Lipinski definition) is 3. The maximum absolute atomic E-state index is 7.43. The highest BCUT2D eigenvalue weighted by molar-refractivity contribution is 4.61. The van der Waals surface area contributed by atoms with Crippen LogP contribution < -0.4 is 0 Å². The molecule has 0 radical (unpaired) electrons. The van der Waals surface area contributed by atoms with E-state index in [0.29, 0.717) is 0 Å². The third-order valence-electron chi connectivity index (χ3n) is 0.239. The fourth-order valence-electron chi connectivity index (χ4n) is 0.0785. The molecule has 0 aliphatic heterocycles. The third-order valence-corrected chi connectivity index (χ3v) is 0.239. The molecule has 0 fully saturated rings. The lowest BCUT2D eigenvalue weighted by Gasteiger charge is -1.84. The van der Waals surface area contributed by atoms with E-state index in [2.05, 4.69) is 16.5 Å². The van der Waals surface area contributed by atoms with Gasteiger partial charge < -0.3 is 0 Å². The van der Waals surface area contributed by atoms with Crippen molar-refractivity contribution in [1.29, 1.82) is 0 Å². The second-order valence-electron chi connectivity index (χ2n) is 0.648. The molecule has 0 rings (SSSR count). The summed E-state index contributed by atoms with van der Waals surface area (Å²) in [7, 11) is 0. The summed E-state index contributed by atoms with van der Waals surface area (Å²) in [5.74, 6) is 0. The summed E-state index contributed by atoms with van der Waals surface area (Å²) in [4.78, 5) is 3.92. The molecule has 0 saturated heterocycles. The fourth-order valence-corrected chi connectivity index (χ4v) is 0.0785. The molecule has 3 nitrogen and oxygen atoms in total. The predicted molar refractivity (Wildman–Crippen MR) is 19.9 cm³/mol. The van der Waals surface area contributed by atoms with Crippen LogP contribution in [-0.4, -0.2) is 11.9 Å². The van der Waals surface area contributed by atoms with Crippen molar-refractivity contribution in [3.8, 4) is 0 Å². The van der Waals surface area contributed by atoms with Gasteiger partial charge in [0.2, 0.25) is 0 Å². The minimum atomic E-state index is 0.205. The molecule has 0 amide bonds. The molecule has 0 aromatic carbocycles. The molecule has 0 aromatic heterocycles. The van der Waals surface area contributed by atoms with Crippen molar-refractivity contribution in [2.24, 2.45) is 0 Å². The van der Waals surface area contributed by atoms with Gasteiger partial charge in [-0.05, 0) is 0 Å². The molecular weight excluding hydrogens is 84.0 g/mol. The molecule has 0 aliphatic carbocycles. The maximum Gasteiger partial charge on any atom is 0.103 e. The standard InChI is InChI=1S/C3H6O3/c1-2-3-5-6-4/h2,4H,1,3H2. The molecule has 0 atom stereocenters. The third kappa shape index (κ3) is 3.62. The van der Waals surface area contributed by atoms with E-state index >= 15 is 0 Å². The van der Waals surface area contributed by atoms with Crippen molar-refractivity contribution in [3.63, 3.8) is 0 Å². The van der Waals surface area contributed by atoms with Crippen molar-refractivity contribution in [2.45, 2.75) is 0 Å². The normalized spacial score (nSPS) is 8.17. The van der Waals surface area contributed by atoms with Gasteiger partial charge in [0.15, 0.2) is 0 Å². The Kier molecular flexibility index (Phi) is 4.33. The summed E-state index contributed by atoms with van der Waals surface area (Å²) in [6.07, 6.45) is 1.45. The molecule has 0 spiro atoms. The van der Waals surface area contributed by atoms with Crippen molar-refractivity contribution in [2.75, 3.05) is 6.61 Å². The van der Waals surface area contributed by atoms with Gasteiger partial charge in [0, 0.05) is 0 Å². The van der Waals surface area contributed by atoms with E-state index in [4.69, 9.17) is 5.26 Å². The molecule has 3 heteroatoms. The van der Waals surface area contributed by atoms with E-state index in [1.165, 1.54) is 6.08 Å². The second kappa shape index (κ2) is 4.62. The minimum absolute atomic E-state index is 0.205. The lowest BCUT2D eigenvalue weighted by molar-refractivity contribution is -0.486. The molecule has 36 valence electrons. The highest BCUT2D eigenvalue weighted by atomic mass is 17.5. The number of hydrogen-bond donors (Lipinski definition) is 1. The molecule has 0 heterocycles. The Morgan fingerprint density at radius 1 is 1.83 bits per heavy atom. The van der Waals surface area contributed by atoms with Gasteiger partial charge in [-0.3, -0.25) is 0 Å². The molecule has 0 bridgehead atoms. The zero-order valence-electron chi connectivity index (χ0n) is 3.26. The van der Waals surface area contributed by atoms with Gasteiger partial charge in [0.25, 0.3) is 0 Å². The predicted octanol–water partition coefficient (Wildman–Crippen LogP) is 0.594. The molecular formula is C3H6O3. The zero-order valence-corrected chi connectivity index (χ0v) is 3.26. The second-order valence-corrected chi connectivity index (χ2v) is 0.648. The first-order valence-corrected chi connectivity index (χ1v) is 1.45.